The normalized spacial score (nSPS) is 19.2. The minimum absolute atomic E-state index is 0.140. The highest BCUT2D eigenvalue weighted by Gasteiger charge is 2.24. The maximum Gasteiger partial charge on any atom is 0.339 e. The van der Waals surface area contributed by atoms with Gasteiger partial charge in [0.05, 0.1) is 0 Å². The zero-order valence-corrected chi connectivity index (χ0v) is 9.36. The number of hydrogen-bond acceptors (Lipinski definition) is 3. The van der Waals surface area contributed by atoms with Crippen LogP contribution >= 0.6 is 0 Å². The number of carboxylic acid groups (broad SMARTS) is 1. The molecule has 1 heterocycles. The second-order valence-electron chi connectivity index (χ2n) is 4.34. The molecule has 0 fully saturated rings. The van der Waals surface area contributed by atoms with Crippen LogP contribution in [-0.4, -0.2) is 16.1 Å². The molecule has 1 aliphatic carbocycles. The molecule has 0 amide bonds. The SMILES string of the molecule is CCC1CCc2c(cnc(N)c2C(=O)O)C1. The van der Waals surface area contributed by atoms with Crippen molar-refractivity contribution < 1.29 is 9.90 Å². The molecule has 0 aromatic carbocycles. The van der Waals surface area contributed by atoms with Gasteiger partial charge >= 0.3 is 5.97 Å². The van der Waals surface area contributed by atoms with Crippen molar-refractivity contribution >= 4 is 11.8 Å². The third-order valence-electron chi connectivity index (χ3n) is 3.41. The lowest BCUT2D eigenvalue weighted by molar-refractivity contribution is 0.0696. The Hall–Kier alpha value is -1.58. The van der Waals surface area contributed by atoms with E-state index in [-0.39, 0.29) is 11.4 Å². The minimum atomic E-state index is -0.961. The third kappa shape index (κ3) is 1.75. The van der Waals surface area contributed by atoms with E-state index in [1.165, 1.54) is 0 Å². The quantitative estimate of drug-likeness (QED) is 0.797. The van der Waals surface area contributed by atoms with E-state index in [1.54, 1.807) is 6.20 Å². The van der Waals surface area contributed by atoms with Crippen LogP contribution in [-0.2, 0) is 12.8 Å². The second kappa shape index (κ2) is 4.12. The van der Waals surface area contributed by atoms with E-state index >= 15 is 0 Å². The van der Waals surface area contributed by atoms with Crippen LogP contribution in [0.2, 0.25) is 0 Å². The van der Waals surface area contributed by atoms with Gasteiger partial charge in [-0.25, -0.2) is 9.78 Å². The second-order valence-corrected chi connectivity index (χ2v) is 4.34. The number of anilines is 1. The molecule has 4 heteroatoms. The first kappa shape index (κ1) is 10.9. The van der Waals surface area contributed by atoms with Gasteiger partial charge < -0.3 is 10.8 Å². The smallest absolute Gasteiger partial charge is 0.339 e. The maximum absolute atomic E-state index is 11.1. The minimum Gasteiger partial charge on any atom is -0.478 e. The molecular weight excluding hydrogens is 204 g/mol. The summed E-state index contributed by atoms with van der Waals surface area (Å²) in [5, 5.41) is 9.12. The van der Waals surface area contributed by atoms with E-state index in [0.29, 0.717) is 5.92 Å². The number of carbonyl (C=O) groups is 1. The van der Waals surface area contributed by atoms with Gasteiger partial charge in [-0.3, -0.25) is 0 Å². The molecule has 1 aliphatic rings. The summed E-state index contributed by atoms with van der Waals surface area (Å²) in [7, 11) is 0. The fraction of sp³-hybridized carbons (Fsp3) is 0.500. The zero-order chi connectivity index (χ0) is 11.7. The summed E-state index contributed by atoms with van der Waals surface area (Å²) in [6, 6.07) is 0. The first-order valence-electron chi connectivity index (χ1n) is 5.63. The molecule has 0 radical (unpaired) electrons. The maximum atomic E-state index is 11.1. The number of nitrogens with zero attached hydrogens (tertiary/aromatic N) is 1. The summed E-state index contributed by atoms with van der Waals surface area (Å²) in [6.45, 7) is 2.17. The first-order valence-corrected chi connectivity index (χ1v) is 5.63. The summed E-state index contributed by atoms with van der Waals surface area (Å²) < 4.78 is 0. The molecule has 3 N–H and O–H groups in total. The van der Waals surface area contributed by atoms with Crippen LogP contribution in [0.3, 0.4) is 0 Å². The van der Waals surface area contributed by atoms with Gasteiger partial charge in [0.25, 0.3) is 0 Å². The summed E-state index contributed by atoms with van der Waals surface area (Å²) in [5.74, 6) is -0.169. The van der Waals surface area contributed by atoms with E-state index in [4.69, 9.17) is 10.8 Å². The molecule has 16 heavy (non-hydrogen) atoms. The van der Waals surface area contributed by atoms with Gasteiger partial charge in [0, 0.05) is 6.20 Å². The monoisotopic (exact) mass is 220 g/mol. The van der Waals surface area contributed by atoms with Crippen LogP contribution in [0.15, 0.2) is 6.20 Å². The molecule has 0 spiro atoms. The van der Waals surface area contributed by atoms with Crippen LogP contribution in [0.5, 0.6) is 0 Å². The van der Waals surface area contributed by atoms with Crippen molar-refractivity contribution in [3.05, 3.63) is 22.9 Å². The highest BCUT2D eigenvalue weighted by atomic mass is 16.4. The Kier molecular flexibility index (Phi) is 2.81. The predicted molar refractivity (Wildman–Crippen MR) is 61.4 cm³/mol. The molecule has 4 nitrogen and oxygen atoms in total. The summed E-state index contributed by atoms with van der Waals surface area (Å²) >= 11 is 0. The third-order valence-corrected chi connectivity index (χ3v) is 3.41. The number of fused-ring (bicyclic) bond motifs is 1. The molecule has 1 unspecified atom stereocenters. The van der Waals surface area contributed by atoms with Gasteiger partial charge in [0.1, 0.15) is 11.4 Å². The Labute approximate surface area is 94.5 Å². The van der Waals surface area contributed by atoms with Gasteiger partial charge in [-0.15, -0.1) is 0 Å². The van der Waals surface area contributed by atoms with Crippen molar-refractivity contribution in [2.45, 2.75) is 32.6 Å². The average molecular weight is 220 g/mol. The number of nitrogen functional groups attached to an aromatic ring is 1. The molecule has 1 aromatic rings. The predicted octanol–water partition coefficient (Wildman–Crippen LogP) is 1.88. The number of pyridine rings is 1. The number of nitrogens with two attached hydrogens (primary N) is 1. The van der Waals surface area contributed by atoms with Crippen molar-refractivity contribution in [1.29, 1.82) is 0 Å². The van der Waals surface area contributed by atoms with E-state index in [1.807, 2.05) is 0 Å². The number of aromatic carboxylic acids is 1. The Balaban J connectivity index is 2.46. The zero-order valence-electron chi connectivity index (χ0n) is 9.36. The van der Waals surface area contributed by atoms with E-state index < -0.39 is 5.97 Å². The number of hydrogen-bond donors (Lipinski definition) is 2. The lowest BCUT2D eigenvalue weighted by Crippen LogP contribution is -2.19. The standard InChI is InChI=1S/C12H16N2O2/c1-2-7-3-4-9-8(5-7)6-14-11(13)10(9)12(15)16/h6-7H,2-5H2,1H3,(H2,13,14)(H,15,16). The molecule has 0 aliphatic heterocycles. The Morgan fingerprint density at radius 1 is 1.69 bits per heavy atom. The molecule has 1 aromatic heterocycles. The molecule has 0 saturated heterocycles. The molecule has 2 rings (SSSR count). The molecule has 0 bridgehead atoms. The fourth-order valence-electron chi connectivity index (χ4n) is 2.42. The number of aromatic nitrogens is 1. The van der Waals surface area contributed by atoms with Crippen molar-refractivity contribution in [3.8, 4) is 0 Å². The number of carboxylic acids is 1. The van der Waals surface area contributed by atoms with Crippen LogP contribution in [0, 0.1) is 5.92 Å². The van der Waals surface area contributed by atoms with E-state index in [2.05, 4.69) is 11.9 Å². The Morgan fingerprint density at radius 2 is 2.44 bits per heavy atom. The molecule has 1 atom stereocenters. The highest BCUT2D eigenvalue weighted by molar-refractivity contribution is 5.94. The summed E-state index contributed by atoms with van der Waals surface area (Å²) in [6.07, 6.45) is 5.65. The van der Waals surface area contributed by atoms with Crippen molar-refractivity contribution in [1.82, 2.24) is 4.98 Å². The molecule has 0 saturated carbocycles. The van der Waals surface area contributed by atoms with Crippen molar-refractivity contribution in [2.75, 3.05) is 5.73 Å². The lowest BCUT2D eigenvalue weighted by atomic mass is 9.81. The average Bonchev–Trinajstić information content (AvgIpc) is 2.27. The summed E-state index contributed by atoms with van der Waals surface area (Å²) in [5.41, 5.74) is 7.79. The summed E-state index contributed by atoms with van der Waals surface area (Å²) in [4.78, 5) is 15.1. The van der Waals surface area contributed by atoms with Gasteiger partial charge in [0.2, 0.25) is 0 Å². The van der Waals surface area contributed by atoms with Crippen LogP contribution in [0.1, 0.15) is 41.3 Å². The van der Waals surface area contributed by atoms with Crippen LogP contribution in [0.25, 0.3) is 0 Å². The Morgan fingerprint density at radius 3 is 3.06 bits per heavy atom. The number of rotatable bonds is 2. The highest BCUT2D eigenvalue weighted by Crippen LogP contribution is 2.31. The van der Waals surface area contributed by atoms with E-state index in [0.717, 1.165) is 36.8 Å². The van der Waals surface area contributed by atoms with E-state index in [9.17, 15) is 4.79 Å². The van der Waals surface area contributed by atoms with Gasteiger partial charge in [0.15, 0.2) is 0 Å². The van der Waals surface area contributed by atoms with Gasteiger partial charge in [-0.2, -0.15) is 0 Å². The van der Waals surface area contributed by atoms with Gasteiger partial charge in [-0.05, 0) is 36.3 Å². The van der Waals surface area contributed by atoms with Crippen LogP contribution in [0.4, 0.5) is 5.82 Å². The van der Waals surface area contributed by atoms with Crippen molar-refractivity contribution in [3.63, 3.8) is 0 Å². The van der Waals surface area contributed by atoms with Crippen molar-refractivity contribution in [2.24, 2.45) is 5.92 Å². The lowest BCUT2D eigenvalue weighted by Gasteiger charge is -2.24. The molecule has 86 valence electrons. The molecular formula is C12H16N2O2. The Bertz CT molecular complexity index is 429. The largest absolute Gasteiger partial charge is 0.478 e. The fourth-order valence-corrected chi connectivity index (χ4v) is 2.42. The topological polar surface area (TPSA) is 76.2 Å². The first-order chi connectivity index (χ1) is 7.63. The van der Waals surface area contributed by atoms with Gasteiger partial charge in [-0.1, -0.05) is 13.3 Å². The van der Waals surface area contributed by atoms with Crippen LogP contribution < -0.4 is 5.73 Å².